The number of hydrogen-bond acceptors (Lipinski definition) is 2. The van der Waals surface area contributed by atoms with Gasteiger partial charge < -0.3 is 9.80 Å². The zero-order valence-electron chi connectivity index (χ0n) is 11.0. The number of anilines is 1. The Labute approximate surface area is 127 Å². The van der Waals surface area contributed by atoms with Crippen LogP contribution in [-0.4, -0.2) is 38.1 Å². The third-order valence-electron chi connectivity index (χ3n) is 3.80. The summed E-state index contributed by atoms with van der Waals surface area (Å²) in [5.74, 6) is 0. The minimum absolute atomic E-state index is 0.667. The van der Waals surface area contributed by atoms with Crippen LogP contribution in [0.2, 0.25) is 0 Å². The van der Waals surface area contributed by atoms with Crippen molar-refractivity contribution in [3.63, 3.8) is 0 Å². The molecule has 1 aliphatic rings. The minimum atomic E-state index is 0.667. The number of rotatable bonds is 3. The molecule has 4 heteroatoms. The van der Waals surface area contributed by atoms with Gasteiger partial charge in [0.05, 0.1) is 0 Å². The Morgan fingerprint density at radius 2 is 2.00 bits per heavy atom. The highest BCUT2D eigenvalue weighted by atomic mass is 79.9. The van der Waals surface area contributed by atoms with E-state index >= 15 is 0 Å². The van der Waals surface area contributed by atoms with Gasteiger partial charge in [-0.3, -0.25) is 0 Å². The number of hydrogen-bond donors (Lipinski definition) is 0. The topological polar surface area (TPSA) is 6.48 Å². The molecule has 0 unspecified atom stereocenters. The number of benzene rings is 1. The summed E-state index contributed by atoms with van der Waals surface area (Å²) in [6.45, 7) is 2.41. The van der Waals surface area contributed by atoms with Crippen LogP contribution in [-0.2, 0) is 5.33 Å². The maximum atomic E-state index is 3.59. The van der Waals surface area contributed by atoms with Gasteiger partial charge in [0.2, 0.25) is 0 Å². The van der Waals surface area contributed by atoms with Crippen LogP contribution in [0.5, 0.6) is 0 Å². The van der Waals surface area contributed by atoms with Gasteiger partial charge in [-0.25, -0.2) is 0 Å². The van der Waals surface area contributed by atoms with Crippen LogP contribution in [0.3, 0.4) is 0 Å². The molecule has 1 heterocycles. The molecule has 1 aliphatic heterocycles. The lowest BCUT2D eigenvalue weighted by molar-refractivity contribution is 0.253. The Bertz CT molecular complexity index is 401. The van der Waals surface area contributed by atoms with E-state index in [9.17, 15) is 0 Å². The van der Waals surface area contributed by atoms with Crippen molar-refractivity contribution < 1.29 is 0 Å². The molecule has 0 aromatic heterocycles. The lowest BCUT2D eigenvalue weighted by Crippen LogP contribution is -2.42. The van der Waals surface area contributed by atoms with E-state index in [-0.39, 0.29) is 0 Å². The zero-order valence-corrected chi connectivity index (χ0v) is 14.2. The molecule has 1 fully saturated rings. The third kappa shape index (κ3) is 3.28. The first-order valence-corrected chi connectivity index (χ1v) is 8.29. The highest BCUT2D eigenvalue weighted by Gasteiger charge is 2.22. The number of piperidine rings is 1. The molecule has 0 N–H and O–H groups in total. The van der Waals surface area contributed by atoms with Gasteiger partial charge in [0, 0.05) is 28.6 Å². The normalized spacial score (nSPS) is 18.0. The van der Waals surface area contributed by atoms with E-state index in [2.05, 4.69) is 74.0 Å². The molecule has 0 amide bonds. The summed E-state index contributed by atoms with van der Waals surface area (Å²) in [4.78, 5) is 4.87. The Hall–Kier alpha value is -0.0600. The van der Waals surface area contributed by atoms with E-state index in [1.54, 1.807) is 0 Å². The van der Waals surface area contributed by atoms with Crippen molar-refractivity contribution >= 4 is 37.5 Å². The van der Waals surface area contributed by atoms with Gasteiger partial charge in [-0.2, -0.15) is 0 Å². The summed E-state index contributed by atoms with van der Waals surface area (Å²) >= 11 is 7.13. The van der Waals surface area contributed by atoms with Crippen molar-refractivity contribution in [1.82, 2.24) is 4.90 Å². The summed E-state index contributed by atoms with van der Waals surface area (Å²) in [7, 11) is 4.44. The van der Waals surface area contributed by atoms with Crippen molar-refractivity contribution in [2.75, 3.05) is 32.1 Å². The van der Waals surface area contributed by atoms with Crippen molar-refractivity contribution in [2.24, 2.45) is 0 Å². The van der Waals surface area contributed by atoms with Gasteiger partial charge in [-0.05, 0) is 56.7 Å². The van der Waals surface area contributed by atoms with Crippen LogP contribution in [0, 0.1) is 0 Å². The maximum Gasteiger partial charge on any atom is 0.0408 e. The van der Waals surface area contributed by atoms with Crippen molar-refractivity contribution in [1.29, 1.82) is 0 Å². The Balaban J connectivity index is 2.15. The molecule has 0 saturated carbocycles. The molecule has 100 valence electrons. The molecule has 1 aromatic carbocycles. The lowest BCUT2D eigenvalue weighted by atomic mass is 10.0. The Morgan fingerprint density at radius 3 is 2.61 bits per heavy atom. The predicted octanol–water partition coefficient (Wildman–Crippen LogP) is 3.87. The fourth-order valence-corrected chi connectivity index (χ4v) is 3.44. The summed E-state index contributed by atoms with van der Waals surface area (Å²) < 4.78 is 1.15. The summed E-state index contributed by atoms with van der Waals surface area (Å²) in [5, 5.41) is 0.902. The highest BCUT2D eigenvalue weighted by molar-refractivity contribution is 9.10. The van der Waals surface area contributed by atoms with Crippen LogP contribution in [0.25, 0.3) is 0 Å². The average Bonchev–Trinajstić information content (AvgIpc) is 2.38. The second-order valence-corrected chi connectivity index (χ2v) is 6.53. The molecule has 0 bridgehead atoms. The fourth-order valence-electron chi connectivity index (χ4n) is 2.58. The molecule has 18 heavy (non-hydrogen) atoms. The van der Waals surface area contributed by atoms with Crippen molar-refractivity contribution in [2.45, 2.75) is 24.2 Å². The molecule has 0 spiro atoms. The molecule has 2 rings (SSSR count). The fraction of sp³-hybridized carbons (Fsp3) is 0.571. The highest BCUT2D eigenvalue weighted by Crippen LogP contribution is 2.29. The van der Waals surface area contributed by atoms with Gasteiger partial charge >= 0.3 is 0 Å². The number of likely N-dealkylation sites (tertiary alicyclic amines) is 1. The van der Waals surface area contributed by atoms with Gasteiger partial charge in [0.15, 0.2) is 0 Å². The van der Waals surface area contributed by atoms with E-state index < -0.39 is 0 Å². The quantitative estimate of drug-likeness (QED) is 0.739. The van der Waals surface area contributed by atoms with E-state index in [1.165, 1.54) is 37.2 Å². The predicted molar refractivity (Wildman–Crippen MR) is 85.7 cm³/mol. The Kier molecular flexibility index (Phi) is 5.10. The molecule has 2 nitrogen and oxygen atoms in total. The van der Waals surface area contributed by atoms with Gasteiger partial charge in [-0.15, -0.1) is 0 Å². The zero-order chi connectivity index (χ0) is 13.1. The average molecular weight is 376 g/mol. The van der Waals surface area contributed by atoms with Gasteiger partial charge in [-0.1, -0.05) is 31.9 Å². The van der Waals surface area contributed by atoms with E-state index in [4.69, 9.17) is 0 Å². The molecular weight excluding hydrogens is 356 g/mol. The molecule has 1 aromatic rings. The first kappa shape index (κ1) is 14.4. The van der Waals surface area contributed by atoms with Crippen molar-refractivity contribution in [3.05, 3.63) is 28.2 Å². The molecule has 1 saturated heterocycles. The van der Waals surface area contributed by atoms with E-state index in [0.29, 0.717) is 6.04 Å². The minimum Gasteiger partial charge on any atom is -0.371 e. The monoisotopic (exact) mass is 374 g/mol. The largest absolute Gasteiger partial charge is 0.371 e. The van der Waals surface area contributed by atoms with Gasteiger partial charge in [0.1, 0.15) is 0 Å². The van der Waals surface area contributed by atoms with E-state index in [0.717, 1.165) is 9.80 Å². The van der Waals surface area contributed by atoms with Crippen LogP contribution < -0.4 is 4.90 Å². The number of halogens is 2. The second kappa shape index (κ2) is 6.40. The molecule has 0 aliphatic carbocycles. The second-order valence-electron chi connectivity index (χ2n) is 5.05. The summed E-state index contributed by atoms with van der Waals surface area (Å²) in [5.41, 5.74) is 2.70. The maximum absolute atomic E-state index is 3.59. The lowest BCUT2D eigenvalue weighted by Gasteiger charge is -2.37. The van der Waals surface area contributed by atoms with Crippen LogP contribution in [0.1, 0.15) is 18.4 Å². The number of nitrogens with zero attached hydrogens (tertiary/aromatic N) is 2. The molecule has 0 atom stereocenters. The first-order chi connectivity index (χ1) is 8.61. The van der Waals surface area contributed by atoms with Crippen LogP contribution in [0.15, 0.2) is 22.7 Å². The van der Waals surface area contributed by atoms with Crippen LogP contribution in [0.4, 0.5) is 5.69 Å². The summed E-state index contributed by atoms with van der Waals surface area (Å²) in [6, 6.07) is 7.22. The molecular formula is C14H20Br2N2. The SMILES string of the molecule is CN1CCC(N(C)c2ccc(Br)cc2CBr)CC1. The van der Waals surface area contributed by atoms with Crippen molar-refractivity contribution in [3.8, 4) is 0 Å². The third-order valence-corrected chi connectivity index (χ3v) is 4.90. The van der Waals surface area contributed by atoms with E-state index in [1.807, 2.05) is 0 Å². The van der Waals surface area contributed by atoms with Crippen LogP contribution >= 0.6 is 31.9 Å². The standard InChI is InChI=1S/C14H20Br2N2/c1-17-7-5-13(6-8-17)18(2)14-4-3-12(16)9-11(14)10-15/h3-4,9,13H,5-8,10H2,1-2H3. The molecule has 0 radical (unpaired) electrons. The van der Waals surface area contributed by atoms with Gasteiger partial charge in [0.25, 0.3) is 0 Å². The first-order valence-electron chi connectivity index (χ1n) is 6.37. The summed E-state index contributed by atoms with van der Waals surface area (Å²) in [6.07, 6.45) is 2.51. The number of alkyl halides is 1. The smallest absolute Gasteiger partial charge is 0.0408 e. The Morgan fingerprint density at radius 1 is 1.33 bits per heavy atom.